The number of carbonyl (C=O) groups is 2. The molecule has 0 fully saturated rings. The summed E-state index contributed by atoms with van der Waals surface area (Å²) in [6, 6.07) is 22.4. The summed E-state index contributed by atoms with van der Waals surface area (Å²) in [4.78, 5) is 28.3. The van der Waals surface area contributed by atoms with E-state index in [9.17, 15) is 9.59 Å². The molecule has 0 unspecified atom stereocenters. The van der Waals surface area contributed by atoms with Crippen molar-refractivity contribution in [3.63, 3.8) is 0 Å². The lowest BCUT2D eigenvalue weighted by Gasteiger charge is -2.11. The molecule has 7 heteroatoms. The van der Waals surface area contributed by atoms with Crippen LogP contribution in [0.1, 0.15) is 20.9 Å². The number of aromatic nitrogens is 1. The first-order chi connectivity index (χ1) is 14.6. The molecule has 0 bridgehead atoms. The average molecular weight is 417 g/mol. The van der Waals surface area contributed by atoms with Crippen molar-refractivity contribution in [1.29, 1.82) is 0 Å². The standard InChI is InChI=1S/C23H19N3O3S/c24-21(27)14-29-19-7-3-1-5-17(19)23(28)25-16-11-9-15(10-12-16)13-22-26-18-6-2-4-8-20(18)30-22/h1-12H,13-14H2,(H2,24,27)(H,25,28). The van der Waals surface area contributed by atoms with Crippen molar-refractivity contribution in [1.82, 2.24) is 4.98 Å². The fourth-order valence-electron chi connectivity index (χ4n) is 3.00. The van der Waals surface area contributed by atoms with E-state index >= 15 is 0 Å². The number of nitrogens with one attached hydrogen (secondary N) is 1. The second-order valence-electron chi connectivity index (χ2n) is 6.65. The zero-order chi connectivity index (χ0) is 20.9. The molecule has 30 heavy (non-hydrogen) atoms. The Balaban J connectivity index is 1.43. The maximum absolute atomic E-state index is 12.6. The molecule has 4 rings (SSSR count). The zero-order valence-corrected chi connectivity index (χ0v) is 16.8. The molecule has 4 aromatic rings. The van der Waals surface area contributed by atoms with Crippen LogP contribution in [0, 0.1) is 0 Å². The van der Waals surface area contributed by atoms with Crippen molar-refractivity contribution in [2.24, 2.45) is 5.73 Å². The molecule has 3 N–H and O–H groups in total. The van der Waals surface area contributed by atoms with E-state index in [0.29, 0.717) is 17.0 Å². The number of fused-ring (bicyclic) bond motifs is 1. The van der Waals surface area contributed by atoms with E-state index in [4.69, 9.17) is 10.5 Å². The molecule has 0 radical (unpaired) electrons. The van der Waals surface area contributed by atoms with Gasteiger partial charge < -0.3 is 15.8 Å². The molecular formula is C23H19N3O3S. The van der Waals surface area contributed by atoms with E-state index in [2.05, 4.69) is 16.4 Å². The van der Waals surface area contributed by atoms with Gasteiger partial charge in [0, 0.05) is 12.1 Å². The first kappa shape index (κ1) is 19.6. The highest BCUT2D eigenvalue weighted by atomic mass is 32.1. The summed E-state index contributed by atoms with van der Waals surface area (Å²) < 4.78 is 6.50. The average Bonchev–Trinajstić information content (AvgIpc) is 3.16. The number of anilines is 1. The van der Waals surface area contributed by atoms with E-state index < -0.39 is 5.91 Å². The normalized spacial score (nSPS) is 10.7. The lowest BCUT2D eigenvalue weighted by atomic mass is 10.1. The monoisotopic (exact) mass is 417 g/mol. The number of hydrogen-bond acceptors (Lipinski definition) is 5. The quantitative estimate of drug-likeness (QED) is 0.475. The van der Waals surface area contributed by atoms with E-state index in [-0.39, 0.29) is 12.5 Å². The van der Waals surface area contributed by atoms with Gasteiger partial charge in [-0.1, -0.05) is 36.4 Å². The molecule has 150 valence electrons. The minimum atomic E-state index is -0.603. The number of ether oxygens (including phenoxy) is 1. The number of hydrogen-bond donors (Lipinski definition) is 2. The molecule has 6 nitrogen and oxygen atoms in total. The fourth-order valence-corrected chi connectivity index (χ4v) is 4.01. The van der Waals surface area contributed by atoms with E-state index in [0.717, 1.165) is 22.5 Å². The van der Waals surface area contributed by atoms with Crippen molar-refractivity contribution in [3.05, 3.63) is 88.9 Å². The van der Waals surface area contributed by atoms with Crippen LogP contribution in [0.15, 0.2) is 72.8 Å². The first-order valence-corrected chi connectivity index (χ1v) is 10.1. The van der Waals surface area contributed by atoms with Crippen LogP contribution >= 0.6 is 11.3 Å². The van der Waals surface area contributed by atoms with Gasteiger partial charge in [0.15, 0.2) is 6.61 Å². The predicted molar refractivity (Wildman–Crippen MR) is 118 cm³/mol. The molecule has 0 atom stereocenters. The smallest absolute Gasteiger partial charge is 0.259 e. The molecule has 0 aliphatic heterocycles. The molecule has 3 aromatic carbocycles. The van der Waals surface area contributed by atoms with Gasteiger partial charge in [0.2, 0.25) is 0 Å². The van der Waals surface area contributed by atoms with Crippen LogP contribution in [0.25, 0.3) is 10.2 Å². The summed E-state index contributed by atoms with van der Waals surface area (Å²) in [6.45, 7) is -0.287. The SMILES string of the molecule is NC(=O)COc1ccccc1C(=O)Nc1ccc(Cc2nc3ccccc3s2)cc1. The van der Waals surface area contributed by atoms with Crippen LogP contribution in [0.3, 0.4) is 0 Å². The molecular weight excluding hydrogens is 398 g/mol. The minimum Gasteiger partial charge on any atom is -0.483 e. The van der Waals surface area contributed by atoms with Crippen LogP contribution in [0.2, 0.25) is 0 Å². The molecule has 1 aromatic heterocycles. The molecule has 1 heterocycles. The van der Waals surface area contributed by atoms with Gasteiger partial charge in [0.1, 0.15) is 5.75 Å². The Morgan fingerprint density at radius 2 is 1.70 bits per heavy atom. The topological polar surface area (TPSA) is 94.3 Å². The number of primary amides is 1. The van der Waals surface area contributed by atoms with Gasteiger partial charge >= 0.3 is 0 Å². The van der Waals surface area contributed by atoms with Gasteiger partial charge in [-0.05, 0) is 42.0 Å². The highest BCUT2D eigenvalue weighted by molar-refractivity contribution is 7.18. The second kappa shape index (κ2) is 8.75. The van der Waals surface area contributed by atoms with Crippen molar-refractivity contribution in [3.8, 4) is 5.75 Å². The Hall–Kier alpha value is -3.71. The Morgan fingerprint density at radius 1 is 0.967 bits per heavy atom. The lowest BCUT2D eigenvalue weighted by Crippen LogP contribution is -2.21. The third-order valence-electron chi connectivity index (χ3n) is 4.41. The number of para-hydroxylation sites is 2. The Bertz CT molecular complexity index is 1170. The van der Waals surface area contributed by atoms with Crippen molar-refractivity contribution >= 4 is 39.1 Å². The summed E-state index contributed by atoms with van der Waals surface area (Å²) in [5.74, 6) is -0.621. The molecule has 0 aliphatic carbocycles. The van der Waals surface area contributed by atoms with Crippen LogP contribution in [0.4, 0.5) is 5.69 Å². The summed E-state index contributed by atoms with van der Waals surface area (Å²) in [5, 5.41) is 3.90. The highest BCUT2D eigenvalue weighted by Gasteiger charge is 2.13. The Morgan fingerprint density at radius 3 is 2.47 bits per heavy atom. The van der Waals surface area contributed by atoms with E-state index in [1.807, 2.05) is 42.5 Å². The number of rotatable bonds is 7. The second-order valence-corrected chi connectivity index (χ2v) is 7.77. The van der Waals surface area contributed by atoms with Gasteiger partial charge in [-0.15, -0.1) is 11.3 Å². The van der Waals surface area contributed by atoms with Gasteiger partial charge in [0.25, 0.3) is 11.8 Å². The van der Waals surface area contributed by atoms with Crippen LogP contribution in [0.5, 0.6) is 5.75 Å². The van der Waals surface area contributed by atoms with E-state index in [1.165, 1.54) is 4.70 Å². The summed E-state index contributed by atoms with van der Waals surface area (Å²) >= 11 is 1.68. The third-order valence-corrected chi connectivity index (χ3v) is 5.44. The van der Waals surface area contributed by atoms with Gasteiger partial charge in [-0.3, -0.25) is 9.59 Å². The maximum atomic E-state index is 12.6. The number of benzene rings is 3. The summed E-state index contributed by atoms with van der Waals surface area (Å²) in [7, 11) is 0. The van der Waals surface area contributed by atoms with Crippen LogP contribution in [-0.2, 0) is 11.2 Å². The lowest BCUT2D eigenvalue weighted by molar-refractivity contribution is -0.119. The Labute approximate surface area is 177 Å². The number of nitrogens with two attached hydrogens (primary N) is 1. The van der Waals surface area contributed by atoms with Gasteiger partial charge in [-0.25, -0.2) is 4.98 Å². The molecule has 0 aliphatic rings. The zero-order valence-electron chi connectivity index (χ0n) is 16.0. The van der Waals surface area contributed by atoms with Crippen molar-refractivity contribution < 1.29 is 14.3 Å². The molecule has 0 spiro atoms. The maximum Gasteiger partial charge on any atom is 0.259 e. The number of carbonyl (C=O) groups excluding carboxylic acids is 2. The molecule has 0 saturated heterocycles. The van der Waals surface area contributed by atoms with Crippen LogP contribution < -0.4 is 15.8 Å². The van der Waals surface area contributed by atoms with Gasteiger partial charge in [-0.2, -0.15) is 0 Å². The predicted octanol–water partition coefficient (Wildman–Crippen LogP) is 4.00. The number of thiazole rings is 1. The van der Waals surface area contributed by atoms with Crippen molar-refractivity contribution in [2.45, 2.75) is 6.42 Å². The van der Waals surface area contributed by atoms with Gasteiger partial charge in [0.05, 0.1) is 20.8 Å². The Kier molecular flexibility index (Phi) is 5.72. The fraction of sp³-hybridized carbons (Fsp3) is 0.0870. The number of amides is 2. The minimum absolute atomic E-state index is 0.287. The third kappa shape index (κ3) is 4.64. The summed E-state index contributed by atoms with van der Waals surface area (Å²) in [6.07, 6.45) is 0.733. The first-order valence-electron chi connectivity index (χ1n) is 9.33. The van der Waals surface area contributed by atoms with Crippen molar-refractivity contribution in [2.75, 3.05) is 11.9 Å². The molecule has 2 amide bonds. The number of nitrogens with zero attached hydrogens (tertiary/aromatic N) is 1. The summed E-state index contributed by atoms with van der Waals surface area (Å²) in [5.41, 5.74) is 8.23. The molecule has 0 saturated carbocycles. The van der Waals surface area contributed by atoms with Crippen LogP contribution in [-0.4, -0.2) is 23.4 Å². The van der Waals surface area contributed by atoms with E-state index in [1.54, 1.807) is 35.6 Å². The highest BCUT2D eigenvalue weighted by Crippen LogP contribution is 2.24. The largest absolute Gasteiger partial charge is 0.483 e.